The van der Waals surface area contributed by atoms with Crippen molar-refractivity contribution in [2.45, 2.75) is 91.3 Å². The molecule has 0 aliphatic carbocycles. The molecule has 0 bridgehead atoms. The van der Waals surface area contributed by atoms with Gasteiger partial charge in [-0.15, -0.1) is 0 Å². The molecule has 0 saturated carbocycles. The molecule has 0 unspecified atom stereocenters. The molecule has 2 aliphatic rings. The Morgan fingerprint density at radius 2 is 1.69 bits per heavy atom. The fourth-order valence-corrected chi connectivity index (χ4v) is 5.23. The van der Waals surface area contributed by atoms with Gasteiger partial charge in [0.1, 0.15) is 11.8 Å². The van der Waals surface area contributed by atoms with Crippen LogP contribution in [0.4, 0.5) is 0 Å². The van der Waals surface area contributed by atoms with E-state index >= 15 is 0 Å². The number of nitrogens with zero attached hydrogens (tertiary/aromatic N) is 1. The third kappa shape index (κ3) is 8.77. The van der Waals surface area contributed by atoms with Crippen molar-refractivity contribution < 1.29 is 19.1 Å². The number of hydrogen-bond donors (Lipinski definition) is 2. The molecule has 3 rings (SSSR count). The summed E-state index contributed by atoms with van der Waals surface area (Å²) in [5.74, 6) is 1.19. The Hall–Kier alpha value is -2.12. The summed E-state index contributed by atoms with van der Waals surface area (Å²) < 4.78 is 11.5. The molecular formula is C29H47N3O4. The number of benzene rings is 1. The van der Waals surface area contributed by atoms with Gasteiger partial charge >= 0.3 is 0 Å². The number of carbonyl (C=O) groups is 2. The summed E-state index contributed by atoms with van der Waals surface area (Å²) in [5.41, 5.74) is 0.828. The van der Waals surface area contributed by atoms with E-state index in [0.29, 0.717) is 32.1 Å². The number of amides is 2. The maximum absolute atomic E-state index is 13.7. The SMILES string of the molecule is CC(C)C[C@@H]1NC(=O)C2(CCCCOCCCNC1=O)CCN(Cc1ccc(OC(C)C)cc1)CC2. The number of piperidine rings is 1. The zero-order valence-electron chi connectivity index (χ0n) is 22.8. The second-order valence-electron chi connectivity index (χ2n) is 11.2. The molecule has 2 amide bonds. The first-order chi connectivity index (χ1) is 17.3. The Labute approximate surface area is 217 Å². The van der Waals surface area contributed by atoms with Gasteiger partial charge in [0.15, 0.2) is 0 Å². The van der Waals surface area contributed by atoms with Gasteiger partial charge in [-0.05, 0) is 89.1 Å². The normalized spacial score (nSPS) is 22.8. The fourth-order valence-electron chi connectivity index (χ4n) is 5.23. The van der Waals surface area contributed by atoms with Gasteiger partial charge in [0.2, 0.25) is 11.8 Å². The summed E-state index contributed by atoms with van der Waals surface area (Å²) in [7, 11) is 0. The molecule has 7 nitrogen and oxygen atoms in total. The fraction of sp³-hybridized carbons (Fsp3) is 0.724. The second-order valence-corrected chi connectivity index (χ2v) is 11.2. The summed E-state index contributed by atoms with van der Waals surface area (Å²) in [6.45, 7) is 12.8. The van der Waals surface area contributed by atoms with Crippen LogP contribution in [0.2, 0.25) is 0 Å². The van der Waals surface area contributed by atoms with Crippen LogP contribution in [0.25, 0.3) is 0 Å². The van der Waals surface area contributed by atoms with E-state index < -0.39 is 11.5 Å². The van der Waals surface area contributed by atoms with Crippen molar-refractivity contribution in [1.82, 2.24) is 15.5 Å². The third-order valence-electron chi connectivity index (χ3n) is 7.28. The van der Waals surface area contributed by atoms with Crippen LogP contribution in [-0.2, 0) is 20.9 Å². The molecule has 1 spiro atoms. The molecule has 0 aromatic heterocycles. The third-order valence-corrected chi connectivity index (χ3v) is 7.28. The Balaban J connectivity index is 1.65. The number of carbonyl (C=O) groups excluding carboxylic acids is 2. The standard InChI is InChI=1S/C29H47N3O4/c1-22(2)20-26-27(33)30-15-7-19-35-18-6-5-12-29(28(34)31-26)13-16-32(17-14-29)21-24-8-10-25(11-9-24)36-23(3)4/h8-11,22-23,26H,5-7,12-21H2,1-4H3,(H,30,33)(H,31,34)/t26-/m0/s1. The van der Waals surface area contributed by atoms with Gasteiger partial charge in [0.25, 0.3) is 0 Å². The van der Waals surface area contributed by atoms with Crippen molar-refractivity contribution in [3.05, 3.63) is 29.8 Å². The van der Waals surface area contributed by atoms with Crippen LogP contribution in [-0.4, -0.2) is 61.7 Å². The van der Waals surface area contributed by atoms with Crippen molar-refractivity contribution >= 4 is 11.8 Å². The molecule has 36 heavy (non-hydrogen) atoms. The van der Waals surface area contributed by atoms with Crippen molar-refractivity contribution in [2.24, 2.45) is 11.3 Å². The largest absolute Gasteiger partial charge is 0.491 e. The average molecular weight is 502 g/mol. The van der Waals surface area contributed by atoms with Crippen LogP contribution in [0.5, 0.6) is 5.75 Å². The Bertz CT molecular complexity index is 816. The van der Waals surface area contributed by atoms with E-state index in [2.05, 4.69) is 41.5 Å². The molecule has 1 aromatic carbocycles. The first-order valence-electron chi connectivity index (χ1n) is 13.9. The van der Waals surface area contributed by atoms with E-state index in [4.69, 9.17) is 9.47 Å². The second kappa shape index (κ2) is 14.0. The number of nitrogens with one attached hydrogen (secondary N) is 2. The predicted molar refractivity (Wildman–Crippen MR) is 143 cm³/mol. The van der Waals surface area contributed by atoms with E-state index in [9.17, 15) is 9.59 Å². The molecule has 7 heteroatoms. The van der Waals surface area contributed by atoms with Gasteiger partial charge < -0.3 is 20.1 Å². The number of likely N-dealkylation sites (tertiary alicyclic amines) is 1. The molecule has 2 fully saturated rings. The minimum Gasteiger partial charge on any atom is -0.491 e. The smallest absolute Gasteiger partial charge is 0.242 e. The van der Waals surface area contributed by atoms with Gasteiger partial charge in [0, 0.05) is 26.3 Å². The summed E-state index contributed by atoms with van der Waals surface area (Å²) in [6.07, 6.45) is 5.99. The van der Waals surface area contributed by atoms with E-state index in [1.807, 2.05) is 26.0 Å². The molecule has 202 valence electrons. The molecule has 2 N–H and O–H groups in total. The highest BCUT2D eigenvalue weighted by atomic mass is 16.5. The topological polar surface area (TPSA) is 79.9 Å². The van der Waals surface area contributed by atoms with Gasteiger partial charge in [-0.2, -0.15) is 0 Å². The minimum absolute atomic E-state index is 0.0520. The number of rotatable bonds is 6. The van der Waals surface area contributed by atoms with E-state index in [1.54, 1.807) is 0 Å². The van der Waals surface area contributed by atoms with Crippen LogP contribution < -0.4 is 15.4 Å². The summed E-state index contributed by atoms with van der Waals surface area (Å²) >= 11 is 0. The molecular weight excluding hydrogens is 454 g/mol. The molecule has 2 heterocycles. The molecule has 1 aromatic rings. The van der Waals surface area contributed by atoms with Crippen molar-refractivity contribution in [2.75, 3.05) is 32.8 Å². The summed E-state index contributed by atoms with van der Waals surface area (Å²) in [5, 5.41) is 6.19. The summed E-state index contributed by atoms with van der Waals surface area (Å²) in [6, 6.07) is 7.85. The highest BCUT2D eigenvalue weighted by molar-refractivity contribution is 5.90. The lowest BCUT2D eigenvalue weighted by Gasteiger charge is -2.41. The average Bonchev–Trinajstić information content (AvgIpc) is 2.83. The van der Waals surface area contributed by atoms with Crippen LogP contribution in [0.3, 0.4) is 0 Å². The van der Waals surface area contributed by atoms with Crippen molar-refractivity contribution in [3.63, 3.8) is 0 Å². The minimum atomic E-state index is -0.483. The Morgan fingerprint density at radius 3 is 2.36 bits per heavy atom. The predicted octanol–water partition coefficient (Wildman–Crippen LogP) is 4.29. The lowest BCUT2D eigenvalue weighted by atomic mass is 9.73. The monoisotopic (exact) mass is 501 g/mol. The number of ether oxygens (including phenoxy) is 2. The highest BCUT2D eigenvalue weighted by Crippen LogP contribution is 2.38. The molecule has 0 radical (unpaired) electrons. The quantitative estimate of drug-likeness (QED) is 0.608. The lowest BCUT2D eigenvalue weighted by molar-refractivity contribution is -0.138. The zero-order valence-corrected chi connectivity index (χ0v) is 22.8. The maximum atomic E-state index is 13.7. The Kier molecular flexibility index (Phi) is 11.1. The van der Waals surface area contributed by atoms with E-state index in [-0.39, 0.29) is 17.9 Å². The first kappa shape index (κ1) is 28.5. The van der Waals surface area contributed by atoms with Gasteiger partial charge in [0.05, 0.1) is 11.5 Å². The molecule has 2 aliphatic heterocycles. The molecule has 1 atom stereocenters. The van der Waals surface area contributed by atoms with Crippen molar-refractivity contribution in [3.8, 4) is 5.75 Å². The van der Waals surface area contributed by atoms with Gasteiger partial charge in [-0.1, -0.05) is 32.4 Å². The van der Waals surface area contributed by atoms with E-state index in [1.165, 1.54) is 5.56 Å². The lowest BCUT2D eigenvalue weighted by Crippen LogP contribution is -2.55. The van der Waals surface area contributed by atoms with Crippen LogP contribution in [0, 0.1) is 11.3 Å². The van der Waals surface area contributed by atoms with Gasteiger partial charge in [-0.25, -0.2) is 0 Å². The first-order valence-corrected chi connectivity index (χ1v) is 13.9. The van der Waals surface area contributed by atoms with E-state index in [0.717, 1.165) is 63.9 Å². The van der Waals surface area contributed by atoms with Crippen LogP contribution in [0.1, 0.15) is 78.2 Å². The maximum Gasteiger partial charge on any atom is 0.242 e. The number of hydrogen-bond acceptors (Lipinski definition) is 5. The Morgan fingerprint density at radius 1 is 1.00 bits per heavy atom. The summed E-state index contributed by atoms with van der Waals surface area (Å²) in [4.78, 5) is 29.1. The molecule has 2 saturated heterocycles. The van der Waals surface area contributed by atoms with Gasteiger partial charge in [-0.3, -0.25) is 14.5 Å². The van der Waals surface area contributed by atoms with Crippen molar-refractivity contribution in [1.29, 1.82) is 0 Å². The van der Waals surface area contributed by atoms with Crippen LogP contribution in [0.15, 0.2) is 24.3 Å². The highest BCUT2D eigenvalue weighted by Gasteiger charge is 2.42. The van der Waals surface area contributed by atoms with Crippen LogP contribution >= 0.6 is 0 Å². The zero-order chi connectivity index (χ0) is 26.0.